The maximum absolute atomic E-state index is 11.1. The van der Waals surface area contributed by atoms with Gasteiger partial charge in [0.1, 0.15) is 0 Å². The van der Waals surface area contributed by atoms with E-state index < -0.39 is 0 Å². The van der Waals surface area contributed by atoms with Gasteiger partial charge in [-0.2, -0.15) is 0 Å². The van der Waals surface area contributed by atoms with Crippen LogP contribution in [0.25, 0.3) is 0 Å². The van der Waals surface area contributed by atoms with Crippen molar-refractivity contribution in [2.75, 3.05) is 20.1 Å². The lowest BCUT2D eigenvalue weighted by Gasteiger charge is -2.18. The predicted octanol–water partition coefficient (Wildman–Crippen LogP) is 4.08. The van der Waals surface area contributed by atoms with Gasteiger partial charge in [-0.15, -0.1) is 0 Å². The second kappa shape index (κ2) is 9.30. The first kappa shape index (κ1) is 19.1. The molecule has 0 fully saturated rings. The van der Waals surface area contributed by atoms with E-state index in [0.717, 1.165) is 31.6 Å². The number of nitrogens with zero attached hydrogens (tertiary/aromatic N) is 2. The molecule has 0 saturated heterocycles. The highest BCUT2D eigenvalue weighted by Crippen LogP contribution is 2.23. The predicted molar refractivity (Wildman–Crippen MR) is 102 cm³/mol. The van der Waals surface area contributed by atoms with Gasteiger partial charge in [0, 0.05) is 24.2 Å². The fourth-order valence-electron chi connectivity index (χ4n) is 2.85. The molecule has 2 aromatic carbocycles. The molecule has 0 aliphatic heterocycles. The van der Waals surface area contributed by atoms with E-state index in [1.807, 2.05) is 25.1 Å². The monoisotopic (exact) mass is 341 g/mol. The molecule has 5 nitrogen and oxygen atoms in total. The number of benzene rings is 2. The van der Waals surface area contributed by atoms with E-state index >= 15 is 0 Å². The van der Waals surface area contributed by atoms with Gasteiger partial charge in [0.15, 0.2) is 0 Å². The molecule has 0 spiro atoms. The summed E-state index contributed by atoms with van der Waals surface area (Å²) in [5.41, 5.74) is 3.16. The molecule has 5 heteroatoms. The molecule has 134 valence electrons. The summed E-state index contributed by atoms with van der Waals surface area (Å²) < 4.78 is 0. The lowest BCUT2D eigenvalue weighted by atomic mass is 10.0. The second-order valence-corrected chi connectivity index (χ2v) is 6.56. The van der Waals surface area contributed by atoms with Crippen molar-refractivity contribution in [2.45, 2.75) is 32.9 Å². The quantitative estimate of drug-likeness (QED) is 0.424. The zero-order chi connectivity index (χ0) is 18.2. The minimum atomic E-state index is -0.315. The maximum atomic E-state index is 11.1. The molecule has 1 unspecified atom stereocenters. The van der Waals surface area contributed by atoms with Crippen molar-refractivity contribution in [2.24, 2.45) is 0 Å². The molecule has 0 bridgehead atoms. The molecule has 0 aromatic heterocycles. The van der Waals surface area contributed by atoms with Gasteiger partial charge in [-0.3, -0.25) is 10.1 Å². The molecule has 1 N–H and O–H groups in total. The summed E-state index contributed by atoms with van der Waals surface area (Å²) in [7, 11) is 2.12. The van der Waals surface area contributed by atoms with Crippen LogP contribution in [0.15, 0.2) is 48.5 Å². The van der Waals surface area contributed by atoms with Crippen molar-refractivity contribution >= 4 is 5.69 Å². The van der Waals surface area contributed by atoms with Gasteiger partial charge >= 0.3 is 0 Å². The van der Waals surface area contributed by atoms with Crippen molar-refractivity contribution in [1.82, 2.24) is 10.2 Å². The molecule has 0 heterocycles. The third-order valence-corrected chi connectivity index (χ3v) is 4.39. The van der Waals surface area contributed by atoms with E-state index in [4.69, 9.17) is 0 Å². The third-order valence-electron chi connectivity index (χ3n) is 4.39. The van der Waals surface area contributed by atoms with Gasteiger partial charge in [-0.25, -0.2) is 0 Å². The Morgan fingerprint density at radius 3 is 2.60 bits per heavy atom. The van der Waals surface area contributed by atoms with Crippen LogP contribution >= 0.6 is 0 Å². The zero-order valence-electron chi connectivity index (χ0n) is 15.2. The maximum Gasteiger partial charge on any atom is 0.272 e. The largest absolute Gasteiger partial charge is 0.310 e. The summed E-state index contributed by atoms with van der Waals surface area (Å²) in [6.07, 6.45) is 1.03. The molecular formula is C20H27N3O2. The Balaban J connectivity index is 1.76. The molecule has 0 saturated carbocycles. The highest BCUT2D eigenvalue weighted by molar-refractivity contribution is 5.43. The van der Waals surface area contributed by atoms with E-state index in [-0.39, 0.29) is 16.7 Å². The highest BCUT2D eigenvalue weighted by Gasteiger charge is 2.14. The van der Waals surface area contributed by atoms with Crippen molar-refractivity contribution in [3.8, 4) is 0 Å². The molecule has 2 rings (SSSR count). The lowest BCUT2D eigenvalue weighted by Crippen LogP contribution is -2.25. The standard InChI is InChI=1S/C20H27N3O2/c1-16-10-11-19(14-20(16)23(24)25)17(2)21-12-7-13-22(3)15-18-8-5-4-6-9-18/h4-6,8-11,14,17,21H,7,12-13,15H2,1-3H3. The Kier molecular flexibility index (Phi) is 7.10. The summed E-state index contributed by atoms with van der Waals surface area (Å²) in [5, 5.41) is 14.5. The van der Waals surface area contributed by atoms with Crippen LogP contribution in [0.2, 0.25) is 0 Å². The number of hydrogen-bond donors (Lipinski definition) is 1. The van der Waals surface area contributed by atoms with Crippen LogP contribution in [0.4, 0.5) is 5.69 Å². The van der Waals surface area contributed by atoms with E-state index in [2.05, 4.69) is 41.5 Å². The van der Waals surface area contributed by atoms with Gasteiger partial charge in [0.05, 0.1) is 4.92 Å². The normalized spacial score (nSPS) is 12.3. The lowest BCUT2D eigenvalue weighted by molar-refractivity contribution is -0.385. The molecule has 1 atom stereocenters. The third kappa shape index (κ3) is 5.96. The van der Waals surface area contributed by atoms with Crippen LogP contribution in [0.5, 0.6) is 0 Å². The number of nitro groups is 1. The van der Waals surface area contributed by atoms with E-state index in [1.165, 1.54) is 5.56 Å². The van der Waals surface area contributed by atoms with Crippen LogP contribution in [-0.4, -0.2) is 30.0 Å². The topological polar surface area (TPSA) is 58.4 Å². The molecule has 25 heavy (non-hydrogen) atoms. The molecule has 0 radical (unpaired) electrons. The smallest absolute Gasteiger partial charge is 0.272 e. The average Bonchev–Trinajstić information content (AvgIpc) is 2.59. The van der Waals surface area contributed by atoms with E-state index in [9.17, 15) is 10.1 Å². The number of hydrogen-bond acceptors (Lipinski definition) is 4. The van der Waals surface area contributed by atoms with Gasteiger partial charge in [0.25, 0.3) is 5.69 Å². The number of nitro benzene ring substituents is 1. The first-order valence-electron chi connectivity index (χ1n) is 8.68. The van der Waals surface area contributed by atoms with Gasteiger partial charge < -0.3 is 10.2 Å². The first-order chi connectivity index (χ1) is 12.0. The highest BCUT2D eigenvalue weighted by atomic mass is 16.6. The Morgan fingerprint density at radius 2 is 1.92 bits per heavy atom. The van der Waals surface area contributed by atoms with Gasteiger partial charge in [0.2, 0.25) is 0 Å². The Bertz CT molecular complexity index is 689. The Labute approximate surface area is 149 Å². The van der Waals surface area contributed by atoms with Crippen LogP contribution < -0.4 is 5.32 Å². The SMILES string of the molecule is Cc1ccc(C(C)NCCCN(C)Cc2ccccc2)cc1[N+](=O)[O-]. The average molecular weight is 341 g/mol. The van der Waals surface area contributed by atoms with Gasteiger partial charge in [-0.05, 0) is 51.5 Å². The Morgan fingerprint density at radius 1 is 1.20 bits per heavy atom. The molecule has 0 amide bonds. The number of rotatable bonds is 9. The second-order valence-electron chi connectivity index (χ2n) is 6.56. The minimum Gasteiger partial charge on any atom is -0.310 e. The molecular weight excluding hydrogens is 314 g/mol. The van der Waals surface area contributed by atoms with Crippen LogP contribution in [0.3, 0.4) is 0 Å². The first-order valence-corrected chi connectivity index (χ1v) is 8.68. The summed E-state index contributed by atoms with van der Waals surface area (Å²) >= 11 is 0. The zero-order valence-corrected chi connectivity index (χ0v) is 15.2. The number of aryl methyl sites for hydroxylation is 1. The molecule has 2 aromatic rings. The van der Waals surface area contributed by atoms with Crippen molar-refractivity contribution < 1.29 is 4.92 Å². The van der Waals surface area contributed by atoms with E-state index in [0.29, 0.717) is 5.56 Å². The van der Waals surface area contributed by atoms with Crippen molar-refractivity contribution in [1.29, 1.82) is 0 Å². The van der Waals surface area contributed by atoms with Crippen LogP contribution in [-0.2, 0) is 6.54 Å². The van der Waals surface area contributed by atoms with Crippen LogP contribution in [0.1, 0.15) is 36.1 Å². The summed E-state index contributed by atoms with van der Waals surface area (Å²) in [4.78, 5) is 13.1. The van der Waals surface area contributed by atoms with Crippen molar-refractivity contribution in [3.05, 3.63) is 75.3 Å². The fraction of sp³-hybridized carbons (Fsp3) is 0.400. The van der Waals surface area contributed by atoms with Gasteiger partial charge in [-0.1, -0.05) is 42.5 Å². The van der Waals surface area contributed by atoms with E-state index in [1.54, 1.807) is 13.0 Å². The van der Waals surface area contributed by atoms with Crippen LogP contribution in [0, 0.1) is 17.0 Å². The molecule has 0 aliphatic carbocycles. The fourth-order valence-corrected chi connectivity index (χ4v) is 2.85. The Hall–Kier alpha value is -2.24. The number of nitrogens with one attached hydrogen (secondary N) is 1. The molecule has 0 aliphatic rings. The summed E-state index contributed by atoms with van der Waals surface area (Å²) in [6, 6.07) is 16.0. The minimum absolute atomic E-state index is 0.0960. The summed E-state index contributed by atoms with van der Waals surface area (Å²) in [5.74, 6) is 0. The summed E-state index contributed by atoms with van der Waals surface area (Å²) in [6.45, 7) is 6.63. The van der Waals surface area contributed by atoms with Crippen molar-refractivity contribution in [3.63, 3.8) is 0 Å².